The van der Waals surface area contributed by atoms with Gasteiger partial charge < -0.3 is 9.52 Å². The number of aromatic carboxylic acids is 1. The summed E-state index contributed by atoms with van der Waals surface area (Å²) in [5.41, 5.74) is 0.700. The van der Waals surface area contributed by atoms with Crippen LogP contribution in [-0.4, -0.2) is 20.0 Å². The first-order valence-electron chi connectivity index (χ1n) is 4.93. The van der Waals surface area contributed by atoms with Crippen LogP contribution in [0.25, 0.3) is 0 Å². The van der Waals surface area contributed by atoms with Crippen LogP contribution in [-0.2, 0) is 16.6 Å². The Bertz CT molecular complexity index is 426. The molecule has 0 aliphatic heterocycles. The molecular formula is C11H16O4S. The van der Waals surface area contributed by atoms with Gasteiger partial charge in [-0.1, -0.05) is 0 Å². The highest BCUT2D eigenvalue weighted by Gasteiger charge is 2.22. The summed E-state index contributed by atoms with van der Waals surface area (Å²) in [4.78, 5) is 10.7. The molecule has 1 N–H and O–H groups in total. The molecule has 1 aromatic heterocycles. The first-order chi connectivity index (χ1) is 7.21. The van der Waals surface area contributed by atoms with Crippen LogP contribution in [0.15, 0.2) is 10.5 Å². The number of carboxylic acid groups (broad SMARTS) is 1. The number of hydrogen-bond donors (Lipinski definition) is 1. The van der Waals surface area contributed by atoms with E-state index in [1.807, 2.05) is 20.8 Å². The van der Waals surface area contributed by atoms with E-state index < -0.39 is 16.8 Å². The third-order valence-corrected chi connectivity index (χ3v) is 4.14. The summed E-state index contributed by atoms with van der Waals surface area (Å²) >= 11 is 0. The molecule has 1 aromatic rings. The standard InChI is InChI=1S/C11H16O4S/c1-7-8(5-9(15-7)10(12)13)6-16(14)11(2,3)4/h5H,6H2,1-4H3,(H,12,13). The predicted octanol–water partition coefficient (Wildman–Crippen LogP) is 2.33. The average Bonchev–Trinajstić information content (AvgIpc) is 2.46. The second kappa shape index (κ2) is 4.41. The van der Waals surface area contributed by atoms with Crippen molar-refractivity contribution in [1.82, 2.24) is 0 Å². The van der Waals surface area contributed by atoms with Gasteiger partial charge in [0.1, 0.15) is 5.76 Å². The Labute approximate surface area is 97.1 Å². The molecule has 4 nitrogen and oxygen atoms in total. The number of rotatable bonds is 3. The molecule has 16 heavy (non-hydrogen) atoms. The lowest BCUT2D eigenvalue weighted by Crippen LogP contribution is -2.23. The molecule has 1 unspecified atom stereocenters. The maximum absolute atomic E-state index is 11.9. The topological polar surface area (TPSA) is 67.5 Å². The highest BCUT2D eigenvalue weighted by Crippen LogP contribution is 2.21. The Kier molecular flexibility index (Phi) is 3.57. The van der Waals surface area contributed by atoms with Crippen LogP contribution in [0.5, 0.6) is 0 Å². The van der Waals surface area contributed by atoms with Gasteiger partial charge in [0.05, 0.1) is 5.75 Å². The minimum atomic E-state index is -1.10. The molecule has 0 amide bonds. The van der Waals surface area contributed by atoms with Crippen molar-refractivity contribution in [1.29, 1.82) is 0 Å². The van der Waals surface area contributed by atoms with E-state index in [1.54, 1.807) is 6.92 Å². The van der Waals surface area contributed by atoms with E-state index in [2.05, 4.69) is 0 Å². The zero-order chi connectivity index (χ0) is 12.5. The Balaban J connectivity index is 2.90. The molecule has 0 bridgehead atoms. The van der Waals surface area contributed by atoms with Gasteiger partial charge in [-0.15, -0.1) is 0 Å². The van der Waals surface area contributed by atoms with Crippen molar-refractivity contribution in [2.24, 2.45) is 0 Å². The maximum Gasteiger partial charge on any atom is 0.371 e. The molecule has 0 radical (unpaired) electrons. The van der Waals surface area contributed by atoms with Gasteiger partial charge in [0.2, 0.25) is 5.76 Å². The summed E-state index contributed by atoms with van der Waals surface area (Å²) in [5.74, 6) is -0.351. The highest BCUT2D eigenvalue weighted by atomic mass is 32.2. The number of hydrogen-bond acceptors (Lipinski definition) is 3. The lowest BCUT2D eigenvalue weighted by Gasteiger charge is -2.17. The maximum atomic E-state index is 11.9. The summed E-state index contributed by atoms with van der Waals surface area (Å²) in [6, 6.07) is 1.45. The molecule has 0 saturated heterocycles. The smallest absolute Gasteiger partial charge is 0.371 e. The van der Waals surface area contributed by atoms with E-state index in [0.717, 1.165) is 0 Å². The zero-order valence-corrected chi connectivity index (χ0v) is 10.7. The summed E-state index contributed by atoms with van der Waals surface area (Å²) < 4.78 is 16.6. The molecule has 1 rings (SSSR count). The third kappa shape index (κ3) is 2.95. The second-order valence-electron chi connectivity index (χ2n) is 4.60. The Morgan fingerprint density at radius 2 is 2.06 bits per heavy atom. The van der Waals surface area contributed by atoms with Crippen molar-refractivity contribution < 1.29 is 18.5 Å². The fraction of sp³-hybridized carbons (Fsp3) is 0.545. The normalized spacial score (nSPS) is 13.8. The fourth-order valence-corrected chi connectivity index (χ4v) is 2.13. The molecule has 1 heterocycles. The largest absolute Gasteiger partial charge is 0.475 e. The lowest BCUT2D eigenvalue weighted by molar-refractivity contribution is 0.0661. The number of aryl methyl sites for hydroxylation is 1. The number of furan rings is 1. The van der Waals surface area contributed by atoms with Gasteiger partial charge in [-0.3, -0.25) is 4.21 Å². The minimum absolute atomic E-state index is 0.0987. The average molecular weight is 244 g/mol. The van der Waals surface area contributed by atoms with Gasteiger partial charge in [-0.2, -0.15) is 0 Å². The summed E-state index contributed by atoms with van der Waals surface area (Å²) in [6.07, 6.45) is 0. The SMILES string of the molecule is Cc1oc(C(=O)O)cc1CS(=O)C(C)(C)C. The van der Waals surface area contributed by atoms with Gasteiger partial charge in [-0.05, 0) is 33.8 Å². The molecule has 5 heteroatoms. The monoisotopic (exact) mass is 244 g/mol. The van der Waals surface area contributed by atoms with Crippen molar-refractivity contribution in [3.63, 3.8) is 0 Å². The van der Waals surface area contributed by atoms with Crippen LogP contribution < -0.4 is 0 Å². The van der Waals surface area contributed by atoms with E-state index in [0.29, 0.717) is 17.1 Å². The highest BCUT2D eigenvalue weighted by molar-refractivity contribution is 7.85. The van der Waals surface area contributed by atoms with Gasteiger partial charge in [-0.25, -0.2) is 4.79 Å². The molecule has 90 valence electrons. The van der Waals surface area contributed by atoms with Crippen LogP contribution in [0.1, 0.15) is 42.6 Å². The van der Waals surface area contributed by atoms with Crippen LogP contribution in [0, 0.1) is 6.92 Å². The van der Waals surface area contributed by atoms with Crippen molar-refractivity contribution in [2.45, 2.75) is 38.2 Å². The summed E-state index contributed by atoms with van der Waals surface area (Å²) in [5, 5.41) is 8.75. The molecule has 0 saturated carbocycles. The molecular weight excluding hydrogens is 228 g/mol. The van der Waals surface area contributed by atoms with E-state index in [1.165, 1.54) is 6.07 Å². The third-order valence-electron chi connectivity index (χ3n) is 2.20. The van der Waals surface area contributed by atoms with E-state index in [4.69, 9.17) is 9.52 Å². The van der Waals surface area contributed by atoms with E-state index in [9.17, 15) is 9.00 Å². The van der Waals surface area contributed by atoms with Crippen molar-refractivity contribution >= 4 is 16.8 Å². The quantitative estimate of drug-likeness (QED) is 0.886. The van der Waals surface area contributed by atoms with Crippen LogP contribution in [0.3, 0.4) is 0 Å². The summed E-state index contributed by atoms with van der Waals surface area (Å²) in [7, 11) is -1.05. The molecule has 0 aromatic carbocycles. The van der Waals surface area contributed by atoms with Gasteiger partial charge >= 0.3 is 5.97 Å². The number of carbonyl (C=O) groups is 1. The van der Waals surface area contributed by atoms with Crippen molar-refractivity contribution in [3.8, 4) is 0 Å². The van der Waals surface area contributed by atoms with Crippen LogP contribution in [0.4, 0.5) is 0 Å². The molecule has 0 aliphatic rings. The van der Waals surface area contributed by atoms with E-state index in [-0.39, 0.29) is 10.5 Å². The van der Waals surface area contributed by atoms with Crippen molar-refractivity contribution in [2.75, 3.05) is 0 Å². The molecule has 0 spiro atoms. The molecule has 0 fully saturated rings. The number of carboxylic acids is 1. The van der Waals surface area contributed by atoms with E-state index >= 15 is 0 Å². The second-order valence-corrected chi connectivity index (χ2v) is 6.80. The summed E-state index contributed by atoms with van der Waals surface area (Å²) in [6.45, 7) is 7.34. The van der Waals surface area contributed by atoms with Gasteiger partial charge in [0, 0.05) is 21.1 Å². The Morgan fingerprint density at radius 1 is 1.50 bits per heavy atom. The Hall–Kier alpha value is -1.10. The lowest BCUT2D eigenvalue weighted by atomic mass is 10.2. The fourth-order valence-electron chi connectivity index (χ4n) is 1.13. The minimum Gasteiger partial charge on any atom is -0.475 e. The van der Waals surface area contributed by atoms with Crippen LogP contribution >= 0.6 is 0 Å². The Morgan fingerprint density at radius 3 is 2.44 bits per heavy atom. The molecule has 1 atom stereocenters. The molecule has 0 aliphatic carbocycles. The van der Waals surface area contributed by atoms with Gasteiger partial charge in [0.15, 0.2) is 0 Å². The van der Waals surface area contributed by atoms with Crippen molar-refractivity contribution in [3.05, 3.63) is 23.2 Å². The first kappa shape index (κ1) is 13.0. The van der Waals surface area contributed by atoms with Gasteiger partial charge in [0.25, 0.3) is 0 Å². The first-order valence-corrected chi connectivity index (χ1v) is 6.25. The predicted molar refractivity (Wildman–Crippen MR) is 62.0 cm³/mol. The zero-order valence-electron chi connectivity index (χ0n) is 9.86. The van der Waals surface area contributed by atoms with Crippen LogP contribution in [0.2, 0.25) is 0 Å².